The summed E-state index contributed by atoms with van der Waals surface area (Å²) in [6.45, 7) is 0.449. The van der Waals surface area contributed by atoms with Gasteiger partial charge in [0.25, 0.3) is 5.91 Å². The summed E-state index contributed by atoms with van der Waals surface area (Å²) in [5.74, 6) is -0.555. The summed E-state index contributed by atoms with van der Waals surface area (Å²) in [5, 5.41) is 6.50. The van der Waals surface area contributed by atoms with Crippen molar-refractivity contribution in [1.29, 1.82) is 0 Å². The number of halogens is 2. The van der Waals surface area contributed by atoms with Crippen LogP contribution in [0.1, 0.15) is 15.9 Å². The van der Waals surface area contributed by atoms with Crippen molar-refractivity contribution >= 4 is 21.8 Å². The Hall–Kier alpha value is -1.69. The molecule has 0 aliphatic heterocycles. The first-order valence-electron chi connectivity index (χ1n) is 5.26. The van der Waals surface area contributed by atoms with E-state index in [0.29, 0.717) is 12.1 Å². The standard InChI is InChI=1S/C12H11BrFN3O/c1-17(7-8-5-15-16-6-8)12(18)9-2-3-11(14)10(13)4-9/h2-6H,7H2,1H3,(H,15,16). The Balaban J connectivity index is 2.12. The van der Waals surface area contributed by atoms with Crippen LogP contribution < -0.4 is 0 Å². The molecule has 1 aromatic carbocycles. The molecule has 0 aliphatic rings. The minimum absolute atomic E-state index is 0.170. The molecule has 0 radical (unpaired) electrons. The maximum absolute atomic E-state index is 13.1. The van der Waals surface area contributed by atoms with Crippen LogP contribution in [0.5, 0.6) is 0 Å². The quantitative estimate of drug-likeness (QED) is 0.947. The first-order valence-corrected chi connectivity index (χ1v) is 6.05. The van der Waals surface area contributed by atoms with E-state index in [1.54, 1.807) is 24.3 Å². The average Bonchev–Trinajstić information content (AvgIpc) is 2.84. The van der Waals surface area contributed by atoms with Gasteiger partial charge in [-0.2, -0.15) is 5.10 Å². The van der Waals surface area contributed by atoms with E-state index in [4.69, 9.17) is 0 Å². The molecular formula is C12H11BrFN3O. The maximum atomic E-state index is 13.1. The lowest BCUT2D eigenvalue weighted by atomic mass is 10.2. The van der Waals surface area contributed by atoms with E-state index < -0.39 is 0 Å². The smallest absolute Gasteiger partial charge is 0.253 e. The molecular weight excluding hydrogens is 301 g/mol. The van der Waals surface area contributed by atoms with Gasteiger partial charge in [0.1, 0.15) is 5.82 Å². The van der Waals surface area contributed by atoms with Crippen molar-refractivity contribution in [2.45, 2.75) is 6.54 Å². The van der Waals surface area contributed by atoms with E-state index in [-0.39, 0.29) is 16.2 Å². The zero-order chi connectivity index (χ0) is 13.1. The fourth-order valence-electron chi connectivity index (χ4n) is 1.56. The number of aromatic nitrogens is 2. The van der Waals surface area contributed by atoms with Gasteiger partial charge in [0, 0.05) is 30.9 Å². The molecule has 1 aromatic heterocycles. The van der Waals surface area contributed by atoms with Crippen molar-refractivity contribution in [1.82, 2.24) is 15.1 Å². The Kier molecular flexibility index (Phi) is 3.76. The first-order chi connectivity index (χ1) is 8.58. The van der Waals surface area contributed by atoms with Gasteiger partial charge >= 0.3 is 0 Å². The number of amides is 1. The van der Waals surface area contributed by atoms with E-state index in [2.05, 4.69) is 26.1 Å². The summed E-state index contributed by atoms with van der Waals surface area (Å²) in [7, 11) is 1.69. The Labute approximate surface area is 112 Å². The molecule has 1 amide bonds. The topological polar surface area (TPSA) is 49.0 Å². The largest absolute Gasteiger partial charge is 0.337 e. The SMILES string of the molecule is CN(Cc1cn[nH]c1)C(=O)c1ccc(F)c(Br)c1. The van der Waals surface area contributed by atoms with Crippen LogP contribution in [-0.4, -0.2) is 28.1 Å². The number of benzene rings is 1. The molecule has 0 spiro atoms. The summed E-state index contributed by atoms with van der Waals surface area (Å²) >= 11 is 3.06. The van der Waals surface area contributed by atoms with Crippen LogP contribution in [0.4, 0.5) is 4.39 Å². The number of rotatable bonds is 3. The molecule has 0 saturated heterocycles. The fourth-order valence-corrected chi connectivity index (χ4v) is 1.94. The van der Waals surface area contributed by atoms with Gasteiger partial charge in [-0.3, -0.25) is 9.89 Å². The Morgan fingerprint density at radius 1 is 1.56 bits per heavy atom. The molecule has 0 unspecified atom stereocenters. The minimum atomic E-state index is -0.385. The summed E-state index contributed by atoms with van der Waals surface area (Å²) in [6.07, 6.45) is 3.38. The van der Waals surface area contributed by atoms with E-state index in [0.717, 1.165) is 5.56 Å². The number of carbonyl (C=O) groups is 1. The highest BCUT2D eigenvalue weighted by Gasteiger charge is 2.13. The molecule has 0 aliphatic carbocycles. The molecule has 0 atom stereocenters. The Morgan fingerprint density at radius 2 is 2.33 bits per heavy atom. The number of hydrogen-bond acceptors (Lipinski definition) is 2. The molecule has 2 rings (SSSR count). The van der Waals surface area contributed by atoms with Crippen molar-refractivity contribution in [2.75, 3.05) is 7.05 Å². The summed E-state index contributed by atoms with van der Waals surface area (Å²) < 4.78 is 13.4. The molecule has 0 bridgehead atoms. The minimum Gasteiger partial charge on any atom is -0.337 e. The van der Waals surface area contributed by atoms with Gasteiger partial charge in [-0.15, -0.1) is 0 Å². The number of nitrogens with one attached hydrogen (secondary N) is 1. The lowest BCUT2D eigenvalue weighted by Gasteiger charge is -2.16. The average molecular weight is 312 g/mol. The zero-order valence-corrected chi connectivity index (χ0v) is 11.2. The maximum Gasteiger partial charge on any atom is 0.253 e. The van der Waals surface area contributed by atoms with Gasteiger partial charge in [-0.05, 0) is 34.1 Å². The van der Waals surface area contributed by atoms with Crippen LogP contribution in [0.2, 0.25) is 0 Å². The number of nitrogens with zero attached hydrogens (tertiary/aromatic N) is 2. The predicted octanol–water partition coefficient (Wildman–Crippen LogP) is 2.58. The van der Waals surface area contributed by atoms with Gasteiger partial charge in [0.2, 0.25) is 0 Å². The number of H-pyrrole nitrogens is 1. The van der Waals surface area contributed by atoms with Gasteiger partial charge in [-0.25, -0.2) is 4.39 Å². The molecule has 1 heterocycles. The van der Waals surface area contributed by atoms with Crippen LogP contribution >= 0.6 is 15.9 Å². The summed E-state index contributed by atoms with van der Waals surface area (Å²) in [4.78, 5) is 13.6. The van der Waals surface area contributed by atoms with E-state index >= 15 is 0 Å². The van der Waals surface area contributed by atoms with E-state index in [9.17, 15) is 9.18 Å². The normalized spacial score (nSPS) is 10.4. The predicted molar refractivity (Wildman–Crippen MR) is 68.5 cm³/mol. The van der Waals surface area contributed by atoms with Crippen molar-refractivity contribution in [3.05, 3.63) is 52.0 Å². The molecule has 0 saturated carbocycles. The molecule has 18 heavy (non-hydrogen) atoms. The van der Waals surface area contributed by atoms with Crippen LogP contribution in [0.15, 0.2) is 35.1 Å². The number of aromatic amines is 1. The molecule has 1 N–H and O–H groups in total. The van der Waals surface area contributed by atoms with Crippen LogP contribution in [0.3, 0.4) is 0 Å². The van der Waals surface area contributed by atoms with E-state index in [1.807, 2.05) is 0 Å². The third-order valence-corrected chi connectivity index (χ3v) is 3.10. The highest BCUT2D eigenvalue weighted by atomic mass is 79.9. The van der Waals surface area contributed by atoms with Crippen molar-refractivity contribution in [2.24, 2.45) is 0 Å². The van der Waals surface area contributed by atoms with Gasteiger partial charge in [0.15, 0.2) is 0 Å². The second-order valence-electron chi connectivity index (χ2n) is 3.90. The van der Waals surface area contributed by atoms with Gasteiger partial charge in [0.05, 0.1) is 10.7 Å². The third-order valence-electron chi connectivity index (χ3n) is 2.49. The summed E-state index contributed by atoms with van der Waals surface area (Å²) in [5.41, 5.74) is 1.35. The fraction of sp³-hybridized carbons (Fsp3) is 0.167. The van der Waals surface area contributed by atoms with Crippen LogP contribution in [-0.2, 0) is 6.54 Å². The monoisotopic (exact) mass is 311 g/mol. The molecule has 2 aromatic rings. The molecule has 4 nitrogen and oxygen atoms in total. The third kappa shape index (κ3) is 2.76. The number of carbonyl (C=O) groups excluding carboxylic acids is 1. The highest BCUT2D eigenvalue weighted by molar-refractivity contribution is 9.10. The second-order valence-corrected chi connectivity index (χ2v) is 4.75. The summed E-state index contributed by atoms with van der Waals surface area (Å²) in [6, 6.07) is 4.21. The Bertz CT molecular complexity index is 556. The Morgan fingerprint density at radius 3 is 2.94 bits per heavy atom. The first kappa shape index (κ1) is 12.8. The van der Waals surface area contributed by atoms with Crippen molar-refractivity contribution in [3.63, 3.8) is 0 Å². The van der Waals surface area contributed by atoms with E-state index in [1.165, 1.54) is 18.2 Å². The molecule has 94 valence electrons. The van der Waals surface area contributed by atoms with Crippen LogP contribution in [0.25, 0.3) is 0 Å². The van der Waals surface area contributed by atoms with Gasteiger partial charge in [-0.1, -0.05) is 0 Å². The lowest BCUT2D eigenvalue weighted by Crippen LogP contribution is -2.26. The zero-order valence-electron chi connectivity index (χ0n) is 9.65. The lowest BCUT2D eigenvalue weighted by molar-refractivity contribution is 0.0785. The van der Waals surface area contributed by atoms with Gasteiger partial charge < -0.3 is 4.90 Å². The second kappa shape index (κ2) is 5.30. The van der Waals surface area contributed by atoms with Crippen molar-refractivity contribution < 1.29 is 9.18 Å². The number of hydrogen-bond donors (Lipinski definition) is 1. The van der Waals surface area contributed by atoms with Crippen LogP contribution in [0, 0.1) is 5.82 Å². The highest BCUT2D eigenvalue weighted by Crippen LogP contribution is 2.18. The molecule has 6 heteroatoms. The van der Waals surface area contributed by atoms with Crippen molar-refractivity contribution in [3.8, 4) is 0 Å². The molecule has 0 fully saturated rings.